The summed E-state index contributed by atoms with van der Waals surface area (Å²) in [6.07, 6.45) is 14.4. The van der Waals surface area contributed by atoms with Crippen molar-refractivity contribution in [3.63, 3.8) is 0 Å². The molecule has 1 rings (SSSR count). The van der Waals surface area contributed by atoms with Crippen LogP contribution in [0.2, 0.25) is 5.31 Å². The Kier molecular flexibility index (Phi) is 4.84. The first-order valence-corrected chi connectivity index (χ1v) is 6.88. The van der Waals surface area contributed by atoms with Gasteiger partial charge >= 0.3 is 0 Å². The van der Waals surface area contributed by atoms with Gasteiger partial charge in [0.15, 0.2) is 7.28 Å². The molecule has 0 fully saturated rings. The van der Waals surface area contributed by atoms with Gasteiger partial charge in [-0.3, -0.25) is 0 Å². The van der Waals surface area contributed by atoms with Gasteiger partial charge in [-0.25, -0.2) is 0 Å². The van der Waals surface area contributed by atoms with Crippen LogP contribution in [0.4, 0.5) is 0 Å². The molecule has 1 aliphatic rings. The topological polar surface area (TPSA) is 0 Å². The molecule has 0 heterocycles. The molecule has 1 aliphatic carbocycles. The molecule has 0 amide bonds. The molecule has 0 aromatic carbocycles. The van der Waals surface area contributed by atoms with Crippen molar-refractivity contribution < 1.29 is 0 Å². The molecule has 0 atom stereocenters. The fourth-order valence-electron chi connectivity index (χ4n) is 1.89. The van der Waals surface area contributed by atoms with E-state index in [4.69, 9.17) is 0 Å². The maximum absolute atomic E-state index is 2.30. The van der Waals surface area contributed by atoms with Crippen molar-refractivity contribution in [2.45, 2.75) is 53.3 Å². The summed E-state index contributed by atoms with van der Waals surface area (Å²) < 4.78 is 0. The van der Waals surface area contributed by atoms with Crippen molar-refractivity contribution in [1.29, 1.82) is 0 Å². The van der Waals surface area contributed by atoms with Crippen molar-refractivity contribution in [3.8, 4) is 0 Å². The van der Waals surface area contributed by atoms with Gasteiger partial charge < -0.3 is 0 Å². The molecule has 0 bridgehead atoms. The van der Waals surface area contributed by atoms with Gasteiger partial charge in [-0.2, -0.15) is 0 Å². The molecule has 0 aromatic heterocycles. The third-order valence-corrected chi connectivity index (χ3v) is 3.39. The van der Waals surface area contributed by atoms with Gasteiger partial charge in [0.2, 0.25) is 0 Å². The van der Waals surface area contributed by atoms with Gasteiger partial charge in [-0.05, 0) is 17.4 Å². The van der Waals surface area contributed by atoms with Crippen LogP contribution in [-0.4, -0.2) is 7.28 Å². The summed E-state index contributed by atoms with van der Waals surface area (Å²) in [5.41, 5.74) is 2.93. The molecule has 18 heavy (non-hydrogen) atoms. The highest BCUT2D eigenvalue weighted by Gasteiger charge is 2.19. The molecule has 0 aromatic rings. The molecule has 1 heteroatoms. The van der Waals surface area contributed by atoms with E-state index in [2.05, 4.69) is 85.3 Å². The predicted molar refractivity (Wildman–Crippen MR) is 84.0 cm³/mol. The SMILES string of the molecule is CCC(C)(C)C1=CC=CC([B]C(C)(C)C)=CC=C1. The van der Waals surface area contributed by atoms with Crippen LogP contribution in [0.25, 0.3) is 0 Å². The average Bonchev–Trinajstić information content (AvgIpc) is 2.19. The van der Waals surface area contributed by atoms with E-state index in [0.717, 1.165) is 6.42 Å². The van der Waals surface area contributed by atoms with Crippen LogP contribution in [-0.2, 0) is 0 Å². The summed E-state index contributed by atoms with van der Waals surface area (Å²) in [6.45, 7) is 13.5. The lowest BCUT2D eigenvalue weighted by Crippen LogP contribution is -2.12. The summed E-state index contributed by atoms with van der Waals surface area (Å²) in [7, 11) is 2.30. The van der Waals surface area contributed by atoms with E-state index in [1.54, 1.807) is 0 Å². The van der Waals surface area contributed by atoms with Crippen molar-refractivity contribution in [2.75, 3.05) is 0 Å². The first-order chi connectivity index (χ1) is 8.24. The smallest absolute Gasteiger partial charge is 0.0872 e. The second kappa shape index (κ2) is 5.78. The van der Waals surface area contributed by atoms with Crippen molar-refractivity contribution in [1.82, 2.24) is 0 Å². The number of allylic oxidation sites excluding steroid dienone is 8. The Morgan fingerprint density at radius 1 is 0.944 bits per heavy atom. The molecule has 0 nitrogen and oxygen atoms in total. The standard InChI is InChI=1S/C17H26B/c1-7-17(5,6)14-10-8-12-15(13-9-11-14)18-16(2,3)4/h8-13H,7H2,1-6H3. The summed E-state index contributed by atoms with van der Waals surface area (Å²) in [5.74, 6) is 0. The average molecular weight is 241 g/mol. The van der Waals surface area contributed by atoms with Gasteiger partial charge in [0.1, 0.15) is 0 Å². The highest BCUT2D eigenvalue weighted by Crippen LogP contribution is 2.32. The van der Waals surface area contributed by atoms with E-state index in [-0.39, 0.29) is 10.7 Å². The van der Waals surface area contributed by atoms with Crippen LogP contribution in [0, 0.1) is 5.41 Å². The van der Waals surface area contributed by atoms with Gasteiger partial charge in [0.05, 0.1) is 0 Å². The minimum Gasteiger partial charge on any atom is -0.0872 e. The van der Waals surface area contributed by atoms with Gasteiger partial charge in [-0.1, -0.05) is 88.8 Å². The van der Waals surface area contributed by atoms with Crippen LogP contribution in [0.15, 0.2) is 47.5 Å². The largest absolute Gasteiger partial charge is 0.157 e. The summed E-state index contributed by atoms with van der Waals surface area (Å²) >= 11 is 0. The van der Waals surface area contributed by atoms with Gasteiger partial charge in [-0.15, -0.1) is 0 Å². The molecular weight excluding hydrogens is 215 g/mol. The number of hydrogen-bond donors (Lipinski definition) is 0. The lowest BCUT2D eigenvalue weighted by atomic mass is 9.50. The van der Waals surface area contributed by atoms with E-state index in [1.807, 2.05) is 0 Å². The fraction of sp³-hybridized carbons (Fsp3) is 0.529. The molecule has 0 unspecified atom stereocenters. The minimum atomic E-state index is 0.221. The summed E-state index contributed by atoms with van der Waals surface area (Å²) in [4.78, 5) is 0. The van der Waals surface area contributed by atoms with Crippen LogP contribution in [0.5, 0.6) is 0 Å². The Labute approximate surface area is 114 Å². The van der Waals surface area contributed by atoms with Gasteiger partial charge in [0, 0.05) is 0 Å². The Morgan fingerprint density at radius 3 is 2.11 bits per heavy atom. The van der Waals surface area contributed by atoms with E-state index in [9.17, 15) is 0 Å². The van der Waals surface area contributed by atoms with Crippen LogP contribution >= 0.6 is 0 Å². The maximum Gasteiger partial charge on any atom is 0.157 e. The van der Waals surface area contributed by atoms with Crippen LogP contribution < -0.4 is 0 Å². The van der Waals surface area contributed by atoms with E-state index < -0.39 is 0 Å². The van der Waals surface area contributed by atoms with E-state index in [1.165, 1.54) is 11.0 Å². The fourth-order valence-corrected chi connectivity index (χ4v) is 1.89. The second-order valence-corrected chi connectivity index (χ2v) is 6.75. The number of hydrogen-bond acceptors (Lipinski definition) is 0. The molecule has 0 saturated carbocycles. The highest BCUT2D eigenvalue weighted by molar-refractivity contribution is 6.50. The van der Waals surface area contributed by atoms with Crippen molar-refractivity contribution in [3.05, 3.63) is 47.5 Å². The zero-order valence-electron chi connectivity index (χ0n) is 12.7. The molecule has 0 saturated heterocycles. The monoisotopic (exact) mass is 241 g/mol. The van der Waals surface area contributed by atoms with Crippen molar-refractivity contribution in [2.24, 2.45) is 5.41 Å². The molecule has 0 spiro atoms. The molecule has 0 N–H and O–H groups in total. The number of rotatable bonds is 3. The normalized spacial score (nSPS) is 16.8. The Hall–Kier alpha value is -0.975. The van der Waals surface area contributed by atoms with E-state index in [0.29, 0.717) is 0 Å². The van der Waals surface area contributed by atoms with Crippen LogP contribution in [0.1, 0.15) is 48.0 Å². The summed E-state index contributed by atoms with van der Waals surface area (Å²) in [6, 6.07) is 0. The molecule has 0 aliphatic heterocycles. The molecule has 97 valence electrons. The predicted octanol–water partition coefficient (Wildman–Crippen LogP) is 5.28. The zero-order chi connectivity index (χ0) is 13.8. The van der Waals surface area contributed by atoms with Gasteiger partial charge in [0.25, 0.3) is 0 Å². The van der Waals surface area contributed by atoms with Crippen molar-refractivity contribution >= 4 is 7.28 Å². The minimum absolute atomic E-state index is 0.221. The highest BCUT2D eigenvalue weighted by atomic mass is 14.2. The maximum atomic E-state index is 2.30. The summed E-state index contributed by atoms with van der Waals surface area (Å²) in [5, 5.41) is 0.221. The third-order valence-electron chi connectivity index (χ3n) is 3.39. The first-order valence-electron chi connectivity index (χ1n) is 6.88. The Balaban J connectivity index is 2.85. The lowest BCUT2D eigenvalue weighted by molar-refractivity contribution is 0.440. The quantitative estimate of drug-likeness (QED) is 0.589. The molecule has 1 radical (unpaired) electrons. The second-order valence-electron chi connectivity index (χ2n) is 6.75. The van der Waals surface area contributed by atoms with Crippen LogP contribution in [0.3, 0.4) is 0 Å². The Bertz CT molecular complexity index is 398. The molecular formula is C17H26B. The zero-order valence-corrected chi connectivity index (χ0v) is 12.7. The lowest BCUT2D eigenvalue weighted by Gasteiger charge is -2.24. The third kappa shape index (κ3) is 4.72. The first kappa shape index (κ1) is 15.1. The Morgan fingerprint density at radius 2 is 1.56 bits per heavy atom. The van der Waals surface area contributed by atoms with E-state index >= 15 is 0 Å².